The number of benzene rings is 1. The highest BCUT2D eigenvalue weighted by Gasteiger charge is 2.25. The van der Waals surface area contributed by atoms with Gasteiger partial charge >= 0.3 is 0 Å². The van der Waals surface area contributed by atoms with Crippen LogP contribution in [0.15, 0.2) is 12.1 Å². The van der Waals surface area contributed by atoms with E-state index in [4.69, 9.17) is 19.9 Å². The minimum absolute atomic E-state index is 0. The maximum absolute atomic E-state index is 12.3. The number of amides is 1. The molecule has 0 aliphatic heterocycles. The second kappa shape index (κ2) is 11.1. The minimum Gasteiger partial charge on any atom is -0.493 e. The van der Waals surface area contributed by atoms with E-state index < -0.39 is 0 Å². The lowest BCUT2D eigenvalue weighted by Gasteiger charge is -2.31. The molecule has 0 aromatic heterocycles. The fraction of sp³-hybridized carbons (Fsp3) is 0.632. The Labute approximate surface area is 162 Å². The molecular weight excluding hydrogens is 356 g/mol. The molecule has 2 atom stereocenters. The molecule has 1 saturated carbocycles. The molecule has 148 valence electrons. The van der Waals surface area contributed by atoms with Crippen molar-refractivity contribution in [2.75, 3.05) is 27.9 Å². The van der Waals surface area contributed by atoms with Gasteiger partial charge in [0, 0.05) is 12.5 Å². The number of carbonyl (C=O) groups is 1. The van der Waals surface area contributed by atoms with Crippen molar-refractivity contribution in [3.05, 3.63) is 17.7 Å². The number of hydrogen-bond acceptors (Lipinski definition) is 5. The normalized spacial score (nSPS) is 19.2. The van der Waals surface area contributed by atoms with Gasteiger partial charge in [-0.2, -0.15) is 0 Å². The van der Waals surface area contributed by atoms with Crippen molar-refractivity contribution in [3.63, 3.8) is 0 Å². The summed E-state index contributed by atoms with van der Waals surface area (Å²) in [5, 5.41) is 3.16. The smallest absolute Gasteiger partial charge is 0.220 e. The third-order valence-electron chi connectivity index (χ3n) is 4.92. The topological polar surface area (TPSA) is 82.8 Å². The van der Waals surface area contributed by atoms with Gasteiger partial charge in [0.05, 0.1) is 21.3 Å². The van der Waals surface area contributed by atoms with Crippen LogP contribution in [-0.4, -0.2) is 39.8 Å². The molecule has 1 amide bonds. The molecule has 1 aromatic rings. The maximum Gasteiger partial charge on any atom is 0.220 e. The number of carbonyl (C=O) groups excluding carboxylic acids is 1. The van der Waals surface area contributed by atoms with Gasteiger partial charge in [-0.15, -0.1) is 12.4 Å². The zero-order valence-corrected chi connectivity index (χ0v) is 16.7. The van der Waals surface area contributed by atoms with Crippen LogP contribution in [0.4, 0.5) is 0 Å². The first-order valence-electron chi connectivity index (χ1n) is 8.91. The second-order valence-corrected chi connectivity index (χ2v) is 6.49. The molecule has 0 spiro atoms. The van der Waals surface area contributed by atoms with Crippen molar-refractivity contribution in [3.8, 4) is 17.2 Å². The van der Waals surface area contributed by atoms with Gasteiger partial charge in [0.1, 0.15) is 0 Å². The fourth-order valence-electron chi connectivity index (χ4n) is 3.50. The summed E-state index contributed by atoms with van der Waals surface area (Å²) in [4.78, 5) is 12.3. The predicted octanol–water partition coefficient (Wildman–Crippen LogP) is 2.70. The molecule has 1 aliphatic rings. The molecule has 3 N–H and O–H groups in total. The van der Waals surface area contributed by atoms with Gasteiger partial charge in [-0.05, 0) is 49.4 Å². The van der Waals surface area contributed by atoms with Gasteiger partial charge in [0.25, 0.3) is 0 Å². The summed E-state index contributed by atoms with van der Waals surface area (Å²) in [5.74, 6) is 2.24. The largest absolute Gasteiger partial charge is 0.493 e. The minimum atomic E-state index is 0. The third-order valence-corrected chi connectivity index (χ3v) is 4.92. The van der Waals surface area contributed by atoms with Crippen LogP contribution in [0.1, 0.15) is 37.7 Å². The molecule has 26 heavy (non-hydrogen) atoms. The van der Waals surface area contributed by atoms with Crippen LogP contribution < -0.4 is 25.3 Å². The Hall–Kier alpha value is -1.66. The molecule has 1 fully saturated rings. The zero-order valence-electron chi connectivity index (χ0n) is 15.9. The molecule has 0 heterocycles. The van der Waals surface area contributed by atoms with Crippen LogP contribution in [0.5, 0.6) is 17.2 Å². The number of halogens is 1. The van der Waals surface area contributed by atoms with Crippen LogP contribution in [0.2, 0.25) is 0 Å². The van der Waals surface area contributed by atoms with Crippen LogP contribution in [0.3, 0.4) is 0 Å². The summed E-state index contributed by atoms with van der Waals surface area (Å²) in [6.07, 6.45) is 5.54. The fourth-order valence-corrected chi connectivity index (χ4v) is 3.50. The summed E-state index contributed by atoms with van der Waals surface area (Å²) in [6.45, 7) is 0.637. The lowest BCUT2D eigenvalue weighted by molar-refractivity contribution is -0.122. The van der Waals surface area contributed by atoms with Crippen molar-refractivity contribution < 1.29 is 19.0 Å². The summed E-state index contributed by atoms with van der Waals surface area (Å²) < 4.78 is 16.0. The first kappa shape index (κ1) is 22.4. The summed E-state index contributed by atoms with van der Waals surface area (Å²) >= 11 is 0. The maximum atomic E-state index is 12.3. The molecule has 1 aromatic carbocycles. The molecule has 2 unspecified atom stereocenters. The Kier molecular flexibility index (Phi) is 9.59. The van der Waals surface area contributed by atoms with Crippen molar-refractivity contribution in [2.24, 2.45) is 11.7 Å². The number of rotatable bonds is 8. The van der Waals surface area contributed by atoms with Crippen LogP contribution >= 0.6 is 12.4 Å². The highest BCUT2D eigenvalue weighted by Crippen LogP contribution is 2.38. The van der Waals surface area contributed by atoms with Gasteiger partial charge in [0.15, 0.2) is 11.5 Å². The van der Waals surface area contributed by atoms with Gasteiger partial charge in [-0.25, -0.2) is 0 Å². The van der Waals surface area contributed by atoms with E-state index >= 15 is 0 Å². The van der Waals surface area contributed by atoms with Crippen LogP contribution in [0.25, 0.3) is 0 Å². The van der Waals surface area contributed by atoms with Gasteiger partial charge in [-0.3, -0.25) is 4.79 Å². The number of aryl methyl sites for hydroxylation is 1. The molecule has 6 nitrogen and oxygen atoms in total. The van der Waals surface area contributed by atoms with E-state index in [1.807, 2.05) is 12.1 Å². The van der Waals surface area contributed by atoms with E-state index in [0.717, 1.165) is 24.8 Å². The number of nitrogens with two attached hydrogens (primary N) is 1. The zero-order chi connectivity index (χ0) is 18.2. The molecule has 0 radical (unpaired) electrons. The van der Waals surface area contributed by atoms with Gasteiger partial charge in [-0.1, -0.05) is 12.8 Å². The molecule has 2 rings (SSSR count). The summed E-state index contributed by atoms with van der Waals surface area (Å²) in [6, 6.07) is 3.99. The van der Waals surface area contributed by atoms with E-state index in [1.54, 1.807) is 21.3 Å². The highest BCUT2D eigenvalue weighted by atomic mass is 35.5. The van der Waals surface area contributed by atoms with Crippen molar-refractivity contribution >= 4 is 18.3 Å². The number of methoxy groups -OCH3 is 3. The Morgan fingerprint density at radius 2 is 1.73 bits per heavy atom. The number of hydrogen-bond donors (Lipinski definition) is 2. The summed E-state index contributed by atoms with van der Waals surface area (Å²) in [7, 11) is 4.75. The van der Waals surface area contributed by atoms with E-state index in [-0.39, 0.29) is 24.4 Å². The number of nitrogens with one attached hydrogen (secondary N) is 1. The standard InChI is InChI=1S/C19H30N2O4.ClH/c1-23-16-10-13(11-17(24-2)19(16)25-3)8-9-18(22)21-15-7-5-4-6-14(15)12-20;/h10-11,14-15H,4-9,12,20H2,1-3H3,(H,21,22);1H. The molecule has 7 heteroatoms. The quantitative estimate of drug-likeness (QED) is 0.717. The monoisotopic (exact) mass is 386 g/mol. The Bertz CT molecular complexity index is 558. The highest BCUT2D eigenvalue weighted by molar-refractivity contribution is 5.85. The predicted molar refractivity (Wildman–Crippen MR) is 105 cm³/mol. The lowest BCUT2D eigenvalue weighted by atomic mass is 9.84. The average Bonchev–Trinajstić information content (AvgIpc) is 2.65. The van der Waals surface area contributed by atoms with E-state index in [9.17, 15) is 4.79 Å². The van der Waals surface area contributed by atoms with Crippen LogP contribution in [-0.2, 0) is 11.2 Å². The first-order chi connectivity index (χ1) is 12.1. The third kappa shape index (κ3) is 5.68. The molecule has 1 aliphatic carbocycles. The molecule has 0 bridgehead atoms. The van der Waals surface area contributed by atoms with E-state index in [2.05, 4.69) is 5.32 Å². The SMILES string of the molecule is COc1cc(CCC(=O)NC2CCCCC2CN)cc(OC)c1OC.Cl. The first-order valence-corrected chi connectivity index (χ1v) is 8.91. The lowest BCUT2D eigenvalue weighted by Crippen LogP contribution is -2.44. The molecular formula is C19H31ClN2O4. The van der Waals surface area contributed by atoms with Crippen molar-refractivity contribution in [2.45, 2.75) is 44.6 Å². The van der Waals surface area contributed by atoms with Gasteiger partial charge < -0.3 is 25.3 Å². The van der Waals surface area contributed by atoms with Crippen molar-refractivity contribution in [1.29, 1.82) is 0 Å². The number of ether oxygens (including phenoxy) is 3. The summed E-state index contributed by atoms with van der Waals surface area (Å²) in [5.41, 5.74) is 6.81. The van der Waals surface area contributed by atoms with Crippen molar-refractivity contribution in [1.82, 2.24) is 5.32 Å². The van der Waals surface area contributed by atoms with E-state index in [0.29, 0.717) is 42.6 Å². The molecule has 0 saturated heterocycles. The average molecular weight is 387 g/mol. The Morgan fingerprint density at radius 1 is 1.12 bits per heavy atom. The Balaban J connectivity index is 0.00000338. The Morgan fingerprint density at radius 3 is 2.27 bits per heavy atom. The van der Waals surface area contributed by atoms with Gasteiger partial charge in [0.2, 0.25) is 11.7 Å². The van der Waals surface area contributed by atoms with E-state index in [1.165, 1.54) is 6.42 Å². The van der Waals surface area contributed by atoms with Crippen LogP contribution in [0, 0.1) is 5.92 Å². The second-order valence-electron chi connectivity index (χ2n) is 6.49.